The minimum atomic E-state index is -0.753. The van der Waals surface area contributed by atoms with Crippen LogP contribution < -0.4 is 11.1 Å². The molecule has 0 spiro atoms. The Morgan fingerprint density at radius 2 is 1.81 bits per heavy atom. The third-order valence-corrected chi connectivity index (χ3v) is 5.08. The van der Waals surface area contributed by atoms with E-state index in [9.17, 15) is 19.2 Å². The number of ether oxygens (including phenoxy) is 1. The van der Waals surface area contributed by atoms with Gasteiger partial charge < -0.3 is 20.6 Å². The number of hydrogen-bond donors (Lipinski definition) is 3. The van der Waals surface area contributed by atoms with Gasteiger partial charge in [-0.15, -0.1) is 5.06 Å². The fourth-order valence-corrected chi connectivity index (χ4v) is 3.14. The zero-order valence-corrected chi connectivity index (χ0v) is 20.7. The van der Waals surface area contributed by atoms with E-state index in [4.69, 9.17) is 20.7 Å². The number of amidine groups is 1. The molecule has 192 valence electrons. The largest absolute Gasteiger partial charge is 0.444 e. The maximum absolute atomic E-state index is 12.4. The maximum atomic E-state index is 12.4. The van der Waals surface area contributed by atoms with Gasteiger partial charge in [0, 0.05) is 17.8 Å². The average Bonchev–Trinajstić information content (AvgIpc) is 2.80. The van der Waals surface area contributed by atoms with E-state index in [2.05, 4.69) is 10.3 Å². The minimum Gasteiger partial charge on any atom is -0.444 e. The van der Waals surface area contributed by atoms with Gasteiger partial charge in [0.15, 0.2) is 0 Å². The molecule has 11 nitrogen and oxygen atoms in total. The fourth-order valence-electron chi connectivity index (χ4n) is 3.14. The van der Waals surface area contributed by atoms with Gasteiger partial charge in [-0.1, -0.05) is 24.3 Å². The molecule has 4 N–H and O–H groups in total. The highest BCUT2D eigenvalue weighted by atomic mass is 16.7. The lowest BCUT2D eigenvalue weighted by molar-refractivity contribution is -0.187. The van der Waals surface area contributed by atoms with Crippen LogP contribution in [-0.2, 0) is 19.2 Å². The van der Waals surface area contributed by atoms with Gasteiger partial charge in [0.25, 0.3) is 12.3 Å². The van der Waals surface area contributed by atoms with Crippen molar-refractivity contribution in [1.29, 1.82) is 5.41 Å². The summed E-state index contributed by atoms with van der Waals surface area (Å²) in [4.78, 5) is 56.6. The summed E-state index contributed by atoms with van der Waals surface area (Å²) in [5, 5.41) is 9.94. The van der Waals surface area contributed by atoms with E-state index < -0.39 is 35.5 Å². The summed E-state index contributed by atoms with van der Waals surface area (Å²) < 4.78 is 5.16. The summed E-state index contributed by atoms with van der Waals surface area (Å²) in [6.07, 6.45) is 2.18. The summed E-state index contributed by atoms with van der Waals surface area (Å²) in [7, 11) is 0. The molecule has 1 fully saturated rings. The molecule has 0 aliphatic heterocycles. The monoisotopic (exact) mass is 497 g/mol. The van der Waals surface area contributed by atoms with Crippen molar-refractivity contribution in [2.24, 2.45) is 11.7 Å². The van der Waals surface area contributed by atoms with Crippen molar-refractivity contribution in [2.45, 2.75) is 52.2 Å². The molecule has 1 aromatic heterocycles. The van der Waals surface area contributed by atoms with Crippen molar-refractivity contribution in [3.8, 4) is 0 Å². The van der Waals surface area contributed by atoms with Crippen molar-refractivity contribution in [3.05, 3.63) is 65.5 Å². The molecule has 2 unspecified atom stereocenters. The van der Waals surface area contributed by atoms with Crippen LogP contribution in [0.2, 0.25) is 0 Å². The highest BCUT2D eigenvalue weighted by Gasteiger charge is 2.41. The summed E-state index contributed by atoms with van der Waals surface area (Å²) in [5.74, 6) is -2.12. The standard InChI is InChI=1S/C19H24N2O6.C6H7N3/c1-12-7-5-6-8-13(12)16(23)21(11-22)27-17(24)14-9-10-15(14)20-18(25)26-19(2,3)4;7-6(8)5-3-1-2-4-9-5/h5-8,11,14-15H,9-10H2,1-4H3,(H,20,25);1-4H,(H3,7,8). The molecular formula is C25H31N5O6. The van der Waals surface area contributed by atoms with E-state index >= 15 is 0 Å². The number of aromatic nitrogens is 1. The Morgan fingerprint density at radius 1 is 1.14 bits per heavy atom. The highest BCUT2D eigenvalue weighted by Crippen LogP contribution is 2.29. The lowest BCUT2D eigenvalue weighted by Gasteiger charge is -2.35. The summed E-state index contributed by atoms with van der Waals surface area (Å²) in [6, 6.07) is 11.5. The van der Waals surface area contributed by atoms with E-state index in [1.807, 2.05) is 0 Å². The smallest absolute Gasteiger partial charge is 0.407 e. The number of imide groups is 1. The van der Waals surface area contributed by atoms with Gasteiger partial charge in [0.1, 0.15) is 17.1 Å². The number of benzene rings is 1. The van der Waals surface area contributed by atoms with Crippen LogP contribution in [-0.4, -0.2) is 51.9 Å². The molecule has 1 aliphatic rings. The molecule has 0 radical (unpaired) electrons. The number of nitrogen functional groups attached to an aromatic ring is 1. The molecule has 2 aromatic rings. The molecule has 36 heavy (non-hydrogen) atoms. The molecule has 0 saturated heterocycles. The Kier molecular flexibility index (Phi) is 9.66. The Labute approximate surface area is 209 Å². The molecule has 1 heterocycles. The van der Waals surface area contributed by atoms with Gasteiger partial charge in [0.2, 0.25) is 0 Å². The first-order valence-corrected chi connectivity index (χ1v) is 11.2. The summed E-state index contributed by atoms with van der Waals surface area (Å²) >= 11 is 0. The number of aryl methyl sites for hydroxylation is 1. The number of nitrogens with zero attached hydrogens (tertiary/aromatic N) is 2. The number of alkyl carbamates (subject to hydrolysis) is 1. The predicted molar refractivity (Wildman–Crippen MR) is 131 cm³/mol. The van der Waals surface area contributed by atoms with E-state index in [1.54, 1.807) is 70.3 Å². The number of nitrogens with two attached hydrogens (primary N) is 1. The number of carbonyl (C=O) groups excluding carboxylic acids is 4. The zero-order chi connectivity index (χ0) is 26.9. The van der Waals surface area contributed by atoms with E-state index in [0.29, 0.717) is 29.2 Å². The average molecular weight is 498 g/mol. The van der Waals surface area contributed by atoms with Gasteiger partial charge in [-0.2, -0.15) is 0 Å². The Balaban J connectivity index is 0.000000425. The van der Waals surface area contributed by atoms with Crippen LogP contribution in [0, 0.1) is 18.3 Å². The van der Waals surface area contributed by atoms with Crippen LogP contribution in [0.25, 0.3) is 0 Å². The van der Waals surface area contributed by atoms with E-state index in [0.717, 1.165) is 0 Å². The Hall–Kier alpha value is -4.28. The van der Waals surface area contributed by atoms with E-state index in [1.165, 1.54) is 6.07 Å². The second-order valence-electron chi connectivity index (χ2n) is 9.03. The third-order valence-electron chi connectivity index (χ3n) is 5.08. The number of amides is 3. The first-order chi connectivity index (χ1) is 16.9. The highest BCUT2D eigenvalue weighted by molar-refractivity contribution is 6.00. The maximum Gasteiger partial charge on any atom is 0.407 e. The second kappa shape index (κ2) is 12.4. The van der Waals surface area contributed by atoms with Crippen LogP contribution >= 0.6 is 0 Å². The molecule has 1 aromatic carbocycles. The fraction of sp³-hybridized carbons (Fsp3) is 0.360. The number of pyridine rings is 1. The number of rotatable bonds is 5. The van der Waals surface area contributed by atoms with Crippen molar-refractivity contribution in [1.82, 2.24) is 15.4 Å². The van der Waals surface area contributed by atoms with Crippen molar-refractivity contribution in [3.63, 3.8) is 0 Å². The first-order valence-electron chi connectivity index (χ1n) is 11.2. The number of carbonyl (C=O) groups is 4. The quantitative estimate of drug-likeness (QED) is 0.245. The lowest BCUT2D eigenvalue weighted by atomic mass is 9.80. The second-order valence-corrected chi connectivity index (χ2v) is 9.03. The lowest BCUT2D eigenvalue weighted by Crippen LogP contribution is -2.52. The molecular weight excluding hydrogens is 466 g/mol. The molecule has 3 rings (SSSR count). The Morgan fingerprint density at radius 3 is 2.28 bits per heavy atom. The normalized spacial score (nSPS) is 16.2. The van der Waals surface area contributed by atoms with Crippen LogP contribution in [0.3, 0.4) is 0 Å². The van der Waals surface area contributed by atoms with Crippen LogP contribution in [0.5, 0.6) is 0 Å². The van der Waals surface area contributed by atoms with Crippen molar-refractivity contribution >= 4 is 30.2 Å². The topological polar surface area (TPSA) is 165 Å². The van der Waals surface area contributed by atoms with Gasteiger partial charge in [0.05, 0.1) is 5.92 Å². The van der Waals surface area contributed by atoms with Gasteiger partial charge in [-0.05, 0) is 64.3 Å². The van der Waals surface area contributed by atoms with Crippen LogP contribution in [0.4, 0.5) is 4.79 Å². The Bertz CT molecular complexity index is 1100. The van der Waals surface area contributed by atoms with Crippen molar-refractivity contribution < 1.29 is 28.8 Å². The zero-order valence-electron chi connectivity index (χ0n) is 20.7. The molecule has 3 amide bonds. The predicted octanol–water partition coefficient (Wildman–Crippen LogP) is 2.72. The van der Waals surface area contributed by atoms with Gasteiger partial charge in [-0.25, -0.2) is 9.59 Å². The third kappa shape index (κ3) is 8.19. The summed E-state index contributed by atoms with van der Waals surface area (Å²) in [6.45, 7) is 6.92. The minimum absolute atomic E-state index is 0.00981. The van der Waals surface area contributed by atoms with Crippen LogP contribution in [0.15, 0.2) is 48.7 Å². The molecule has 11 heteroatoms. The molecule has 1 saturated carbocycles. The SMILES string of the molecule is Cc1ccccc1C(=O)N(C=O)OC(=O)C1CCC1NC(=O)OC(C)(C)C.N=C(N)c1ccccn1. The molecule has 1 aliphatic carbocycles. The summed E-state index contributed by atoms with van der Waals surface area (Å²) in [5.41, 5.74) is 5.92. The van der Waals surface area contributed by atoms with Gasteiger partial charge >= 0.3 is 12.1 Å². The molecule has 0 bridgehead atoms. The molecule has 2 atom stereocenters. The first kappa shape index (κ1) is 28.0. The van der Waals surface area contributed by atoms with Crippen LogP contribution in [0.1, 0.15) is 55.2 Å². The number of nitrogens with one attached hydrogen (secondary N) is 2. The number of hydrogen-bond acceptors (Lipinski definition) is 8. The number of hydroxylamine groups is 2. The van der Waals surface area contributed by atoms with E-state index in [-0.39, 0.29) is 17.8 Å². The van der Waals surface area contributed by atoms with Crippen molar-refractivity contribution in [2.75, 3.05) is 0 Å². The van der Waals surface area contributed by atoms with Gasteiger partial charge in [-0.3, -0.25) is 20.0 Å².